The summed E-state index contributed by atoms with van der Waals surface area (Å²) in [6.07, 6.45) is 1.59. The van der Waals surface area contributed by atoms with Gasteiger partial charge in [0.25, 0.3) is 0 Å². The summed E-state index contributed by atoms with van der Waals surface area (Å²) in [6.45, 7) is 3.73. The van der Waals surface area contributed by atoms with Crippen molar-refractivity contribution in [3.8, 4) is 0 Å². The fourth-order valence-corrected chi connectivity index (χ4v) is 2.78. The van der Waals surface area contributed by atoms with E-state index in [-0.39, 0.29) is 18.2 Å². The lowest BCUT2D eigenvalue weighted by Crippen LogP contribution is -2.51. The molecule has 1 aliphatic heterocycles. The number of pyridine rings is 1. The molecule has 0 saturated carbocycles. The quantitative estimate of drug-likeness (QED) is 0.830. The Hall–Kier alpha value is -1.38. The van der Waals surface area contributed by atoms with Crippen LogP contribution in [0.1, 0.15) is 6.92 Å². The number of hydrogen-bond acceptors (Lipinski definition) is 5. The third-order valence-corrected chi connectivity index (χ3v) is 5.06. The van der Waals surface area contributed by atoms with Gasteiger partial charge in [-0.2, -0.15) is 0 Å². The molecule has 0 radical (unpaired) electrons. The van der Waals surface area contributed by atoms with Crippen LogP contribution >= 0.6 is 11.6 Å². The van der Waals surface area contributed by atoms with E-state index in [0.717, 1.165) is 5.82 Å². The van der Waals surface area contributed by atoms with Crippen molar-refractivity contribution >= 4 is 33.3 Å². The number of sulfonamides is 1. The van der Waals surface area contributed by atoms with Crippen LogP contribution in [0.3, 0.4) is 0 Å². The number of rotatable bonds is 5. The third-order valence-electron chi connectivity index (χ3n) is 3.49. The molecule has 1 aromatic heterocycles. The van der Waals surface area contributed by atoms with Crippen molar-refractivity contribution in [2.24, 2.45) is 0 Å². The number of hydrogen-bond donors (Lipinski definition) is 1. The predicted octanol–water partition coefficient (Wildman–Crippen LogP) is 0.323. The molecule has 0 unspecified atom stereocenters. The van der Waals surface area contributed by atoms with Crippen LogP contribution in [0, 0.1) is 0 Å². The fourth-order valence-electron chi connectivity index (χ4n) is 2.13. The Balaban J connectivity index is 1.84. The lowest BCUT2D eigenvalue weighted by molar-refractivity contribution is -0.130. The van der Waals surface area contributed by atoms with Crippen LogP contribution in [0.4, 0.5) is 5.82 Å². The van der Waals surface area contributed by atoms with E-state index in [1.54, 1.807) is 17.2 Å². The summed E-state index contributed by atoms with van der Waals surface area (Å²) < 4.78 is 25.0. The van der Waals surface area contributed by atoms with Gasteiger partial charge in [0.15, 0.2) is 0 Å². The minimum absolute atomic E-state index is 0.0315. The molecule has 1 N–H and O–H groups in total. The van der Waals surface area contributed by atoms with E-state index in [1.807, 2.05) is 6.07 Å². The molecule has 2 heterocycles. The summed E-state index contributed by atoms with van der Waals surface area (Å²) in [5.41, 5.74) is 0. The van der Waals surface area contributed by atoms with Crippen molar-refractivity contribution in [1.29, 1.82) is 0 Å². The van der Waals surface area contributed by atoms with Gasteiger partial charge in [0.1, 0.15) is 5.82 Å². The molecule has 0 atom stereocenters. The van der Waals surface area contributed by atoms with Crippen molar-refractivity contribution < 1.29 is 13.2 Å². The second-order valence-electron chi connectivity index (χ2n) is 4.93. The van der Waals surface area contributed by atoms with E-state index in [9.17, 15) is 13.2 Å². The second kappa shape index (κ2) is 7.26. The van der Waals surface area contributed by atoms with Crippen LogP contribution in [-0.4, -0.2) is 62.7 Å². The molecule has 1 aliphatic rings. The maximum Gasteiger partial charge on any atom is 0.237 e. The highest BCUT2D eigenvalue weighted by atomic mass is 35.5. The van der Waals surface area contributed by atoms with Gasteiger partial charge < -0.3 is 9.80 Å². The van der Waals surface area contributed by atoms with E-state index in [4.69, 9.17) is 11.6 Å². The highest BCUT2D eigenvalue weighted by Gasteiger charge is 2.22. The summed E-state index contributed by atoms with van der Waals surface area (Å²) in [4.78, 5) is 20.0. The van der Waals surface area contributed by atoms with Gasteiger partial charge in [-0.25, -0.2) is 18.1 Å². The Bertz CT molecular complexity index is 613. The number of aromatic nitrogens is 1. The minimum Gasteiger partial charge on any atom is -0.353 e. The topological polar surface area (TPSA) is 82.6 Å². The fraction of sp³-hybridized carbons (Fsp3) is 0.538. The van der Waals surface area contributed by atoms with Gasteiger partial charge in [-0.05, 0) is 19.1 Å². The smallest absolute Gasteiger partial charge is 0.237 e. The molecule has 7 nitrogen and oxygen atoms in total. The zero-order chi connectivity index (χ0) is 16.2. The molecule has 9 heteroatoms. The van der Waals surface area contributed by atoms with Gasteiger partial charge in [0.05, 0.1) is 17.3 Å². The first-order valence-electron chi connectivity index (χ1n) is 7.03. The molecule has 0 aromatic carbocycles. The summed E-state index contributed by atoms with van der Waals surface area (Å²) in [6, 6.07) is 3.62. The average molecular weight is 347 g/mol. The van der Waals surface area contributed by atoms with Crippen LogP contribution in [0.2, 0.25) is 5.02 Å². The molecule has 0 aliphatic carbocycles. The molecule has 1 fully saturated rings. The van der Waals surface area contributed by atoms with E-state index >= 15 is 0 Å². The monoisotopic (exact) mass is 346 g/mol. The maximum absolute atomic E-state index is 12.0. The molecule has 22 heavy (non-hydrogen) atoms. The zero-order valence-electron chi connectivity index (χ0n) is 12.3. The van der Waals surface area contributed by atoms with Crippen LogP contribution < -0.4 is 9.62 Å². The maximum atomic E-state index is 12.0. The number of nitrogens with zero attached hydrogens (tertiary/aromatic N) is 3. The minimum atomic E-state index is -3.34. The molecule has 1 amide bonds. The van der Waals surface area contributed by atoms with Crippen molar-refractivity contribution in [2.45, 2.75) is 6.92 Å². The number of carbonyl (C=O) groups is 1. The average Bonchev–Trinajstić information content (AvgIpc) is 2.54. The molecule has 0 spiro atoms. The number of anilines is 1. The number of nitrogens with one attached hydrogen (secondary N) is 1. The van der Waals surface area contributed by atoms with Gasteiger partial charge >= 0.3 is 0 Å². The van der Waals surface area contributed by atoms with Gasteiger partial charge in [0, 0.05) is 32.4 Å². The van der Waals surface area contributed by atoms with Crippen LogP contribution in [0.25, 0.3) is 0 Å². The first-order chi connectivity index (χ1) is 10.4. The van der Waals surface area contributed by atoms with Crippen molar-refractivity contribution in [3.05, 3.63) is 23.4 Å². The Morgan fingerprint density at radius 1 is 1.32 bits per heavy atom. The normalized spacial score (nSPS) is 15.9. The highest BCUT2D eigenvalue weighted by molar-refractivity contribution is 7.89. The molecule has 2 rings (SSSR count). The summed E-state index contributed by atoms with van der Waals surface area (Å²) in [7, 11) is -3.34. The molecule has 1 aromatic rings. The van der Waals surface area contributed by atoms with E-state index in [0.29, 0.717) is 31.2 Å². The van der Waals surface area contributed by atoms with Gasteiger partial charge in [-0.3, -0.25) is 4.79 Å². The Labute approximate surface area is 135 Å². The highest BCUT2D eigenvalue weighted by Crippen LogP contribution is 2.16. The number of halogens is 1. The molecule has 0 bridgehead atoms. The molecule has 1 saturated heterocycles. The van der Waals surface area contributed by atoms with E-state index in [2.05, 4.69) is 14.6 Å². The lowest BCUT2D eigenvalue weighted by Gasteiger charge is -2.35. The van der Waals surface area contributed by atoms with Crippen LogP contribution in [-0.2, 0) is 14.8 Å². The van der Waals surface area contributed by atoms with Gasteiger partial charge in [0.2, 0.25) is 15.9 Å². The van der Waals surface area contributed by atoms with E-state index in [1.165, 1.54) is 6.92 Å². The standard InChI is InChI=1S/C13H19ClN4O3S/c1-2-22(20,21)16-10-13(19)18-7-5-17(6-8-18)12-4-3-11(14)9-15-12/h3-4,9,16H,2,5-8,10H2,1H3. The predicted molar refractivity (Wildman–Crippen MR) is 85.5 cm³/mol. The zero-order valence-corrected chi connectivity index (χ0v) is 13.9. The Morgan fingerprint density at radius 3 is 2.55 bits per heavy atom. The Morgan fingerprint density at radius 2 is 2.00 bits per heavy atom. The SMILES string of the molecule is CCS(=O)(=O)NCC(=O)N1CCN(c2ccc(Cl)cn2)CC1. The third kappa shape index (κ3) is 4.56. The first-order valence-corrected chi connectivity index (χ1v) is 9.06. The molecular weight excluding hydrogens is 328 g/mol. The van der Waals surface area contributed by atoms with Gasteiger partial charge in [-0.15, -0.1) is 0 Å². The van der Waals surface area contributed by atoms with Gasteiger partial charge in [-0.1, -0.05) is 11.6 Å². The summed E-state index contributed by atoms with van der Waals surface area (Å²) in [5, 5.41) is 0.584. The number of piperazine rings is 1. The van der Waals surface area contributed by atoms with Crippen molar-refractivity contribution in [2.75, 3.05) is 43.4 Å². The van der Waals surface area contributed by atoms with Crippen LogP contribution in [0.15, 0.2) is 18.3 Å². The lowest BCUT2D eigenvalue weighted by atomic mass is 10.3. The largest absolute Gasteiger partial charge is 0.353 e. The number of amides is 1. The Kier molecular flexibility index (Phi) is 5.60. The van der Waals surface area contributed by atoms with Crippen molar-refractivity contribution in [3.63, 3.8) is 0 Å². The molecule has 122 valence electrons. The summed E-state index contributed by atoms with van der Waals surface area (Å²) in [5.74, 6) is 0.583. The molecular formula is C13H19ClN4O3S. The van der Waals surface area contributed by atoms with E-state index < -0.39 is 10.0 Å². The van der Waals surface area contributed by atoms with Crippen molar-refractivity contribution in [1.82, 2.24) is 14.6 Å². The van der Waals surface area contributed by atoms with Crippen LogP contribution in [0.5, 0.6) is 0 Å². The summed E-state index contributed by atoms with van der Waals surface area (Å²) >= 11 is 5.81. The second-order valence-corrected chi connectivity index (χ2v) is 7.46. The number of carbonyl (C=O) groups excluding carboxylic acids is 1. The first kappa shape index (κ1) is 17.0.